The van der Waals surface area contributed by atoms with Crippen LogP contribution in [0.2, 0.25) is 0 Å². The van der Waals surface area contributed by atoms with Crippen molar-refractivity contribution in [3.63, 3.8) is 0 Å². The van der Waals surface area contributed by atoms with Gasteiger partial charge in [0, 0.05) is 62.2 Å². The van der Waals surface area contributed by atoms with Gasteiger partial charge in [-0.15, -0.1) is 0 Å². The molecule has 0 spiro atoms. The molecule has 1 aromatic carbocycles. The van der Waals surface area contributed by atoms with Crippen LogP contribution in [-0.2, 0) is 21.3 Å². The number of methoxy groups -OCH3 is 1. The Kier molecular flexibility index (Phi) is 8.99. The van der Waals surface area contributed by atoms with Crippen LogP contribution in [0.15, 0.2) is 41.8 Å². The molecule has 0 saturated carbocycles. The van der Waals surface area contributed by atoms with Gasteiger partial charge in [0.05, 0.1) is 6.61 Å². The standard InChI is InChI=1S/C24H32N4O5S/c1-18-13-28(19(2)16-29)34(30,31)24-8-7-20(6-5-9-32-4)10-22(24)33-23(18)15-27(3)14-21-11-25-17-26-12-21/h7-8,10-12,17-19,23,29H,9,13-16H2,1-4H3/t18-,19+,23+/m1/s1. The third-order valence-electron chi connectivity index (χ3n) is 5.67. The Morgan fingerprint density at radius 2 is 2.09 bits per heavy atom. The Morgan fingerprint density at radius 1 is 1.35 bits per heavy atom. The molecule has 2 heterocycles. The second-order valence-corrected chi connectivity index (χ2v) is 10.4. The third kappa shape index (κ3) is 6.31. The molecule has 0 fully saturated rings. The summed E-state index contributed by atoms with van der Waals surface area (Å²) in [6, 6.07) is 4.27. The van der Waals surface area contributed by atoms with Gasteiger partial charge in [-0.2, -0.15) is 4.31 Å². The zero-order chi connectivity index (χ0) is 24.7. The predicted octanol–water partition coefficient (Wildman–Crippen LogP) is 1.38. The first-order valence-corrected chi connectivity index (χ1v) is 12.5. The minimum Gasteiger partial charge on any atom is -0.487 e. The van der Waals surface area contributed by atoms with E-state index in [9.17, 15) is 13.5 Å². The molecule has 0 bridgehead atoms. The number of likely N-dealkylation sites (N-methyl/N-ethyl adjacent to an activating group) is 1. The van der Waals surface area contributed by atoms with Crippen molar-refractivity contribution in [2.45, 2.75) is 37.4 Å². The molecule has 3 rings (SSSR count). The minimum atomic E-state index is -3.88. The van der Waals surface area contributed by atoms with E-state index in [1.165, 1.54) is 16.7 Å². The maximum atomic E-state index is 13.5. The maximum absolute atomic E-state index is 13.5. The van der Waals surface area contributed by atoms with Gasteiger partial charge in [0.15, 0.2) is 0 Å². The summed E-state index contributed by atoms with van der Waals surface area (Å²) in [4.78, 5) is 10.3. The fourth-order valence-corrected chi connectivity index (χ4v) is 5.65. The van der Waals surface area contributed by atoms with Crippen LogP contribution in [0.4, 0.5) is 0 Å². The fourth-order valence-electron chi connectivity index (χ4n) is 3.83. The van der Waals surface area contributed by atoms with Crippen LogP contribution < -0.4 is 4.74 Å². The molecule has 2 aromatic rings. The van der Waals surface area contributed by atoms with Crippen LogP contribution in [0, 0.1) is 17.8 Å². The lowest BCUT2D eigenvalue weighted by atomic mass is 10.0. The van der Waals surface area contributed by atoms with Crippen LogP contribution in [0.3, 0.4) is 0 Å². The first kappa shape index (κ1) is 26.1. The Labute approximate surface area is 201 Å². The van der Waals surface area contributed by atoms with Gasteiger partial charge in [-0.25, -0.2) is 18.4 Å². The number of nitrogens with zero attached hydrogens (tertiary/aromatic N) is 4. The molecule has 1 aliphatic rings. The average molecular weight is 489 g/mol. The molecule has 1 N–H and O–H groups in total. The van der Waals surface area contributed by atoms with E-state index in [4.69, 9.17) is 9.47 Å². The van der Waals surface area contributed by atoms with Gasteiger partial charge < -0.3 is 14.6 Å². The number of fused-ring (bicyclic) bond motifs is 1. The lowest BCUT2D eigenvalue weighted by Crippen LogP contribution is -2.49. The zero-order valence-electron chi connectivity index (χ0n) is 20.0. The largest absolute Gasteiger partial charge is 0.487 e. The van der Waals surface area contributed by atoms with Gasteiger partial charge in [0.2, 0.25) is 10.0 Å². The normalized spacial score (nSPS) is 20.9. The molecule has 184 valence electrons. The molecular weight excluding hydrogens is 456 g/mol. The molecule has 1 aliphatic heterocycles. The van der Waals surface area contributed by atoms with Crippen molar-refractivity contribution in [1.29, 1.82) is 0 Å². The number of aliphatic hydroxyl groups is 1. The van der Waals surface area contributed by atoms with Gasteiger partial charge in [0.1, 0.15) is 29.7 Å². The molecule has 0 aliphatic carbocycles. The number of sulfonamides is 1. The van der Waals surface area contributed by atoms with E-state index >= 15 is 0 Å². The predicted molar refractivity (Wildman–Crippen MR) is 128 cm³/mol. The number of benzene rings is 1. The van der Waals surface area contributed by atoms with E-state index in [-0.39, 0.29) is 42.4 Å². The topological polar surface area (TPSA) is 105 Å². The van der Waals surface area contributed by atoms with Gasteiger partial charge in [-0.1, -0.05) is 18.8 Å². The Bertz CT molecular complexity index is 1120. The van der Waals surface area contributed by atoms with Crippen LogP contribution in [0.5, 0.6) is 5.75 Å². The van der Waals surface area contributed by atoms with Crippen molar-refractivity contribution in [1.82, 2.24) is 19.2 Å². The highest BCUT2D eigenvalue weighted by atomic mass is 32.2. The molecule has 0 amide bonds. The molecule has 1 aromatic heterocycles. The summed E-state index contributed by atoms with van der Waals surface area (Å²) in [5, 5.41) is 9.77. The van der Waals surface area contributed by atoms with Crippen molar-refractivity contribution in [2.24, 2.45) is 5.92 Å². The van der Waals surface area contributed by atoms with E-state index in [1.54, 1.807) is 38.6 Å². The highest BCUT2D eigenvalue weighted by Gasteiger charge is 2.38. The van der Waals surface area contributed by atoms with Gasteiger partial charge in [0.25, 0.3) is 0 Å². The second-order valence-electron chi connectivity index (χ2n) is 8.58. The lowest BCUT2D eigenvalue weighted by molar-refractivity contribution is 0.0733. The summed E-state index contributed by atoms with van der Waals surface area (Å²) >= 11 is 0. The Hall–Kier alpha value is -2.55. The number of aliphatic hydroxyl groups excluding tert-OH is 1. The van der Waals surface area contributed by atoms with Crippen molar-refractivity contribution < 1.29 is 23.0 Å². The van der Waals surface area contributed by atoms with E-state index in [0.29, 0.717) is 18.7 Å². The SMILES string of the molecule is COCC#Cc1ccc2c(c1)O[C@@H](CN(C)Cc1cncnc1)[C@H](C)CN([C@@H](C)CO)S2(=O)=O. The van der Waals surface area contributed by atoms with Crippen molar-refractivity contribution in [3.05, 3.63) is 48.0 Å². The summed E-state index contributed by atoms with van der Waals surface area (Å²) in [7, 11) is -0.350. The van der Waals surface area contributed by atoms with Gasteiger partial charge in [-0.3, -0.25) is 4.90 Å². The Balaban J connectivity index is 1.97. The molecule has 9 nitrogen and oxygen atoms in total. The van der Waals surface area contributed by atoms with Crippen LogP contribution in [0.25, 0.3) is 0 Å². The van der Waals surface area contributed by atoms with E-state index in [1.807, 2.05) is 14.0 Å². The molecule has 3 atom stereocenters. The van der Waals surface area contributed by atoms with Gasteiger partial charge >= 0.3 is 0 Å². The summed E-state index contributed by atoms with van der Waals surface area (Å²) in [6.45, 7) is 5.06. The van der Waals surface area contributed by atoms with E-state index in [0.717, 1.165) is 5.56 Å². The van der Waals surface area contributed by atoms with Crippen molar-refractivity contribution in [2.75, 3.05) is 40.5 Å². The van der Waals surface area contributed by atoms with Crippen molar-refractivity contribution in [3.8, 4) is 17.6 Å². The maximum Gasteiger partial charge on any atom is 0.247 e. The molecule has 34 heavy (non-hydrogen) atoms. The van der Waals surface area contributed by atoms with Crippen molar-refractivity contribution >= 4 is 10.0 Å². The van der Waals surface area contributed by atoms with E-state index < -0.39 is 16.1 Å². The molecule has 10 heteroatoms. The highest BCUT2D eigenvalue weighted by Crippen LogP contribution is 2.34. The second kappa shape index (κ2) is 11.7. The lowest BCUT2D eigenvalue weighted by Gasteiger charge is -2.37. The van der Waals surface area contributed by atoms with Crippen LogP contribution in [-0.4, -0.2) is 85.3 Å². The average Bonchev–Trinajstić information content (AvgIpc) is 2.81. The molecule has 0 radical (unpaired) electrons. The first-order valence-electron chi connectivity index (χ1n) is 11.1. The number of aromatic nitrogens is 2. The summed E-state index contributed by atoms with van der Waals surface area (Å²) in [6.07, 6.45) is 4.72. The molecule has 0 unspecified atom stereocenters. The minimum absolute atomic E-state index is 0.0705. The summed E-state index contributed by atoms with van der Waals surface area (Å²) < 4.78 is 39.7. The zero-order valence-corrected chi connectivity index (χ0v) is 20.8. The number of rotatable bonds is 7. The van der Waals surface area contributed by atoms with Gasteiger partial charge in [-0.05, 0) is 32.2 Å². The summed E-state index contributed by atoms with van der Waals surface area (Å²) in [5.41, 5.74) is 1.60. The summed E-state index contributed by atoms with van der Waals surface area (Å²) in [5.74, 6) is 5.97. The number of hydrogen-bond donors (Lipinski definition) is 1. The third-order valence-corrected chi connectivity index (χ3v) is 7.69. The van der Waals surface area contributed by atoms with E-state index in [2.05, 4.69) is 26.7 Å². The monoisotopic (exact) mass is 488 g/mol. The molecular formula is C24H32N4O5S. The molecule has 0 saturated heterocycles. The highest BCUT2D eigenvalue weighted by molar-refractivity contribution is 7.89. The quantitative estimate of drug-likeness (QED) is 0.583. The van der Waals surface area contributed by atoms with Crippen LogP contribution >= 0.6 is 0 Å². The Morgan fingerprint density at radius 3 is 2.76 bits per heavy atom. The smallest absolute Gasteiger partial charge is 0.247 e. The number of ether oxygens (including phenoxy) is 2. The van der Waals surface area contributed by atoms with Crippen LogP contribution in [0.1, 0.15) is 25.0 Å². The fraction of sp³-hybridized carbons (Fsp3) is 0.500. The number of hydrogen-bond acceptors (Lipinski definition) is 8. The first-order chi connectivity index (χ1) is 16.3.